The van der Waals surface area contributed by atoms with E-state index in [2.05, 4.69) is 10.1 Å². The number of nitrogens with two attached hydrogens (primary N) is 1. The summed E-state index contributed by atoms with van der Waals surface area (Å²) in [7, 11) is 1.88. The van der Waals surface area contributed by atoms with E-state index in [4.69, 9.17) is 10.5 Å². The van der Waals surface area contributed by atoms with E-state index in [0.29, 0.717) is 19.0 Å². The van der Waals surface area contributed by atoms with Gasteiger partial charge in [-0.1, -0.05) is 6.92 Å². The number of hydrogen-bond donors (Lipinski definition) is 1. The molecule has 7 heteroatoms. The van der Waals surface area contributed by atoms with E-state index in [1.54, 1.807) is 22.5 Å². The van der Waals surface area contributed by atoms with Crippen LogP contribution in [0.2, 0.25) is 0 Å². The smallest absolute Gasteiger partial charge is 0.360 e. The summed E-state index contributed by atoms with van der Waals surface area (Å²) in [6.45, 7) is 4.63. The van der Waals surface area contributed by atoms with Crippen LogP contribution in [-0.4, -0.2) is 31.9 Å². The second-order valence-electron chi connectivity index (χ2n) is 4.46. The molecule has 108 valence electrons. The monoisotopic (exact) mass is 277 g/mol. The largest absolute Gasteiger partial charge is 0.461 e. The number of carbonyl (C=O) groups excluding carboxylic acids is 1. The fourth-order valence-corrected chi connectivity index (χ4v) is 2.07. The number of nitrogens with zero attached hydrogens (tertiary/aromatic N) is 4. The summed E-state index contributed by atoms with van der Waals surface area (Å²) in [6.07, 6.45) is 4.34. The van der Waals surface area contributed by atoms with E-state index >= 15 is 0 Å². The van der Waals surface area contributed by atoms with Crippen molar-refractivity contribution in [3.63, 3.8) is 0 Å². The molecule has 2 aromatic heterocycles. The van der Waals surface area contributed by atoms with Crippen molar-refractivity contribution in [1.82, 2.24) is 19.3 Å². The Kier molecular flexibility index (Phi) is 4.07. The predicted molar refractivity (Wildman–Crippen MR) is 74.3 cm³/mol. The topological polar surface area (TPSA) is 88.0 Å². The quantitative estimate of drug-likeness (QED) is 0.823. The molecule has 0 aromatic carbocycles. The van der Waals surface area contributed by atoms with Gasteiger partial charge in [-0.25, -0.2) is 9.78 Å². The maximum Gasteiger partial charge on any atom is 0.360 e. The number of rotatable bonds is 5. The predicted octanol–water partition coefficient (Wildman–Crippen LogP) is 0.986. The fraction of sp³-hybridized carbons (Fsp3) is 0.462. The molecule has 0 aliphatic heterocycles. The molecule has 0 saturated carbocycles. The fourth-order valence-electron chi connectivity index (χ4n) is 2.07. The Balaban J connectivity index is 2.24. The molecule has 0 saturated heterocycles. The zero-order valence-electron chi connectivity index (χ0n) is 12.0. The van der Waals surface area contributed by atoms with E-state index in [0.717, 1.165) is 17.7 Å². The van der Waals surface area contributed by atoms with E-state index in [1.165, 1.54) is 0 Å². The first-order chi connectivity index (χ1) is 9.56. The molecular formula is C13H19N5O2. The first-order valence-corrected chi connectivity index (χ1v) is 6.55. The number of esters is 1. The van der Waals surface area contributed by atoms with Gasteiger partial charge in [0.2, 0.25) is 0 Å². The average Bonchev–Trinajstić information content (AvgIpc) is 2.94. The molecule has 0 amide bonds. The summed E-state index contributed by atoms with van der Waals surface area (Å²) >= 11 is 0. The van der Waals surface area contributed by atoms with E-state index < -0.39 is 5.97 Å². The van der Waals surface area contributed by atoms with Crippen molar-refractivity contribution >= 4 is 11.8 Å². The van der Waals surface area contributed by atoms with Crippen molar-refractivity contribution in [2.45, 2.75) is 26.8 Å². The molecule has 2 N–H and O–H groups in total. The van der Waals surface area contributed by atoms with Crippen LogP contribution in [0.1, 0.15) is 35.6 Å². The van der Waals surface area contributed by atoms with E-state index in [9.17, 15) is 4.79 Å². The Bertz CT molecular complexity index is 614. The molecule has 7 nitrogen and oxygen atoms in total. The molecular weight excluding hydrogens is 258 g/mol. The molecule has 0 bridgehead atoms. The molecule has 2 heterocycles. The van der Waals surface area contributed by atoms with Gasteiger partial charge in [0.15, 0.2) is 5.69 Å². The Morgan fingerprint density at radius 1 is 1.45 bits per heavy atom. The highest BCUT2D eigenvalue weighted by Crippen LogP contribution is 2.16. The van der Waals surface area contributed by atoms with Crippen LogP contribution in [0.25, 0.3) is 0 Å². The number of hydrogen-bond acceptors (Lipinski definition) is 5. The molecule has 20 heavy (non-hydrogen) atoms. The van der Waals surface area contributed by atoms with Gasteiger partial charge in [-0.2, -0.15) is 5.10 Å². The lowest BCUT2D eigenvalue weighted by Crippen LogP contribution is -2.10. The standard InChI is InChI=1S/C13H19N5O2/c1-4-10-9(6-17(3)16-10)7-18-8-15-11(12(18)14)13(19)20-5-2/h6,8H,4-5,7,14H2,1-3H3. The average molecular weight is 277 g/mol. The molecule has 0 aliphatic rings. The number of anilines is 1. The Labute approximate surface area is 117 Å². The van der Waals surface area contributed by atoms with Gasteiger partial charge in [0.05, 0.1) is 25.2 Å². The minimum atomic E-state index is -0.495. The number of imidazole rings is 1. The van der Waals surface area contributed by atoms with Gasteiger partial charge in [-0.15, -0.1) is 0 Å². The maximum absolute atomic E-state index is 11.7. The highest BCUT2D eigenvalue weighted by atomic mass is 16.5. The van der Waals surface area contributed by atoms with Crippen molar-refractivity contribution in [3.05, 3.63) is 29.5 Å². The first-order valence-electron chi connectivity index (χ1n) is 6.55. The normalized spacial score (nSPS) is 10.8. The Hall–Kier alpha value is -2.31. The molecule has 2 rings (SSSR count). The third-order valence-corrected chi connectivity index (χ3v) is 3.01. The summed E-state index contributed by atoms with van der Waals surface area (Å²) < 4.78 is 8.41. The van der Waals surface area contributed by atoms with E-state index in [1.807, 2.05) is 20.2 Å². The van der Waals surface area contributed by atoms with Crippen LogP contribution in [0.5, 0.6) is 0 Å². The van der Waals surface area contributed by atoms with Crippen LogP contribution in [-0.2, 0) is 24.8 Å². The van der Waals surface area contributed by atoms with Crippen molar-refractivity contribution in [3.8, 4) is 0 Å². The van der Waals surface area contributed by atoms with Crippen molar-refractivity contribution in [1.29, 1.82) is 0 Å². The number of nitrogen functional groups attached to an aromatic ring is 1. The summed E-state index contributed by atoms with van der Waals surface area (Å²) in [5.41, 5.74) is 8.19. The maximum atomic E-state index is 11.7. The summed E-state index contributed by atoms with van der Waals surface area (Å²) in [5, 5.41) is 4.38. The van der Waals surface area contributed by atoms with Gasteiger partial charge in [-0.3, -0.25) is 4.68 Å². The molecule has 0 radical (unpaired) electrons. The van der Waals surface area contributed by atoms with Crippen LogP contribution in [0, 0.1) is 0 Å². The number of ether oxygens (including phenoxy) is 1. The number of aryl methyl sites for hydroxylation is 2. The number of carbonyl (C=O) groups is 1. The third-order valence-electron chi connectivity index (χ3n) is 3.01. The van der Waals surface area contributed by atoms with E-state index in [-0.39, 0.29) is 5.69 Å². The molecule has 2 aromatic rings. The zero-order chi connectivity index (χ0) is 14.7. The lowest BCUT2D eigenvalue weighted by atomic mass is 10.2. The van der Waals surface area contributed by atoms with Crippen LogP contribution < -0.4 is 5.73 Å². The van der Waals surface area contributed by atoms with Crippen LogP contribution in [0.3, 0.4) is 0 Å². The molecule has 0 fully saturated rings. The summed E-state index contributed by atoms with van der Waals surface area (Å²) in [6, 6.07) is 0. The van der Waals surface area contributed by atoms with Crippen LogP contribution in [0.4, 0.5) is 5.82 Å². The van der Waals surface area contributed by atoms with Crippen LogP contribution >= 0.6 is 0 Å². The second-order valence-corrected chi connectivity index (χ2v) is 4.46. The first kappa shape index (κ1) is 14.1. The zero-order valence-corrected chi connectivity index (χ0v) is 12.0. The molecule has 0 unspecified atom stereocenters. The van der Waals surface area contributed by atoms with Gasteiger partial charge in [0, 0.05) is 18.8 Å². The van der Waals surface area contributed by atoms with Gasteiger partial charge in [0.1, 0.15) is 5.82 Å². The van der Waals surface area contributed by atoms with Crippen molar-refractivity contribution in [2.75, 3.05) is 12.3 Å². The second kappa shape index (κ2) is 5.77. The molecule has 0 atom stereocenters. The lowest BCUT2D eigenvalue weighted by Gasteiger charge is -2.05. The van der Waals surface area contributed by atoms with Gasteiger partial charge in [0.25, 0.3) is 0 Å². The molecule has 0 spiro atoms. The highest BCUT2D eigenvalue weighted by Gasteiger charge is 2.17. The SMILES string of the molecule is CCOC(=O)c1ncn(Cc2cn(C)nc2CC)c1N. The van der Waals surface area contributed by atoms with Gasteiger partial charge < -0.3 is 15.0 Å². The van der Waals surface area contributed by atoms with Gasteiger partial charge >= 0.3 is 5.97 Å². The Morgan fingerprint density at radius 3 is 2.85 bits per heavy atom. The van der Waals surface area contributed by atoms with Crippen molar-refractivity contribution in [2.24, 2.45) is 7.05 Å². The minimum absolute atomic E-state index is 0.161. The van der Waals surface area contributed by atoms with Crippen molar-refractivity contribution < 1.29 is 9.53 Å². The van der Waals surface area contributed by atoms with Gasteiger partial charge in [-0.05, 0) is 13.3 Å². The Morgan fingerprint density at radius 2 is 2.20 bits per heavy atom. The van der Waals surface area contributed by atoms with Crippen LogP contribution in [0.15, 0.2) is 12.5 Å². The minimum Gasteiger partial charge on any atom is -0.461 e. The molecule has 0 aliphatic carbocycles. The summed E-state index contributed by atoms with van der Waals surface area (Å²) in [5.74, 6) is -0.181. The highest BCUT2D eigenvalue weighted by molar-refractivity contribution is 5.92. The summed E-state index contributed by atoms with van der Waals surface area (Å²) in [4.78, 5) is 15.7. The lowest BCUT2D eigenvalue weighted by molar-refractivity contribution is 0.0521. The number of aromatic nitrogens is 4. The third kappa shape index (κ3) is 2.66.